The number of fused-ring (bicyclic) bond motifs is 5. The Morgan fingerprint density at radius 1 is 1.09 bits per heavy atom. The summed E-state index contributed by atoms with van der Waals surface area (Å²) in [4.78, 5) is 0. The van der Waals surface area contributed by atoms with Crippen LogP contribution in [0.4, 0.5) is 0 Å². The summed E-state index contributed by atoms with van der Waals surface area (Å²) in [6.07, 6.45) is 2.60. The summed E-state index contributed by atoms with van der Waals surface area (Å²) < 4.78 is 7.85. The minimum absolute atomic E-state index is 0.00862. The van der Waals surface area contributed by atoms with Crippen molar-refractivity contribution in [1.29, 1.82) is 0 Å². The normalized spacial score (nSPS) is 28.6. The van der Waals surface area contributed by atoms with Crippen LogP contribution in [0.2, 0.25) is 0 Å². The van der Waals surface area contributed by atoms with Gasteiger partial charge in [-0.15, -0.1) is 0 Å². The predicted octanol–water partition coefficient (Wildman–Crippen LogP) is 5.84. The maximum absolute atomic E-state index is 6.37. The van der Waals surface area contributed by atoms with Gasteiger partial charge in [-0.05, 0) is 69.5 Å². The third-order valence-electron chi connectivity index (χ3n) is 4.97. The number of hydrogen-bond donors (Lipinski definition) is 0. The van der Waals surface area contributed by atoms with Crippen LogP contribution in [0.1, 0.15) is 51.7 Å². The fourth-order valence-corrected chi connectivity index (χ4v) is 5.32. The van der Waals surface area contributed by atoms with Crippen molar-refractivity contribution in [2.75, 3.05) is 0 Å². The molecular formula is C20H23IO. The molecule has 0 spiro atoms. The minimum Gasteiger partial charge on any atom is -0.355 e. The lowest BCUT2D eigenvalue weighted by molar-refractivity contribution is 0.303. The molecule has 22 heavy (non-hydrogen) atoms. The Bertz CT molecular complexity index is 710. The van der Waals surface area contributed by atoms with Crippen molar-refractivity contribution in [1.82, 2.24) is 0 Å². The van der Waals surface area contributed by atoms with E-state index in [1.54, 1.807) is 5.57 Å². The molecule has 0 N–H and O–H groups in total. The van der Waals surface area contributed by atoms with Crippen LogP contribution < -0.4 is 0 Å². The van der Waals surface area contributed by atoms with Crippen molar-refractivity contribution in [3.8, 4) is 0 Å². The van der Waals surface area contributed by atoms with E-state index in [0.717, 1.165) is 12.8 Å². The van der Waals surface area contributed by atoms with Gasteiger partial charge in [0.25, 0.3) is 0 Å². The molecule has 4 rings (SSSR count). The molecule has 116 valence electrons. The molecule has 1 aromatic carbocycles. The molecule has 2 unspecified atom stereocenters. The van der Waals surface area contributed by atoms with E-state index in [9.17, 15) is 0 Å². The maximum atomic E-state index is 6.37. The maximum Gasteiger partial charge on any atom is 0.131 e. The van der Waals surface area contributed by atoms with E-state index >= 15 is 0 Å². The lowest BCUT2D eigenvalue weighted by Gasteiger charge is -2.35. The van der Waals surface area contributed by atoms with Crippen molar-refractivity contribution in [2.24, 2.45) is 11.8 Å². The first kappa shape index (κ1) is 14.9. The SMILES string of the molecule is CC(C)CC1=C(I)C2(CC(C)C)OC2C2=C1c1ccccc12. The lowest BCUT2D eigenvalue weighted by atomic mass is 9.67. The third kappa shape index (κ3) is 1.92. The first-order valence-corrected chi connectivity index (χ1v) is 9.45. The van der Waals surface area contributed by atoms with Gasteiger partial charge in [0.1, 0.15) is 11.7 Å². The van der Waals surface area contributed by atoms with Gasteiger partial charge in [0.15, 0.2) is 0 Å². The number of epoxide rings is 1. The summed E-state index contributed by atoms with van der Waals surface area (Å²) in [5.74, 6) is 1.33. The summed E-state index contributed by atoms with van der Waals surface area (Å²) in [5.41, 5.74) is 7.42. The second kappa shape index (κ2) is 4.94. The smallest absolute Gasteiger partial charge is 0.131 e. The Morgan fingerprint density at radius 2 is 1.77 bits per heavy atom. The summed E-state index contributed by atoms with van der Waals surface area (Å²) in [7, 11) is 0. The average Bonchev–Trinajstić information content (AvgIpc) is 3.11. The summed E-state index contributed by atoms with van der Waals surface area (Å²) in [5, 5.41) is 0. The monoisotopic (exact) mass is 406 g/mol. The zero-order valence-electron chi connectivity index (χ0n) is 13.7. The van der Waals surface area contributed by atoms with Gasteiger partial charge in [-0.25, -0.2) is 0 Å². The number of allylic oxidation sites excluding steroid dienone is 2. The van der Waals surface area contributed by atoms with Crippen molar-refractivity contribution >= 4 is 33.7 Å². The van der Waals surface area contributed by atoms with E-state index in [1.807, 2.05) is 0 Å². The van der Waals surface area contributed by atoms with Gasteiger partial charge in [0, 0.05) is 9.15 Å². The standard InChI is InChI=1S/C20H23IO/c1-11(2)9-15-16-13-7-5-6-8-14(13)17(16)19-20(22-19,18(15)21)10-12(3)4/h5-8,11-12,19H,9-10H2,1-4H3. The van der Waals surface area contributed by atoms with Crippen LogP contribution in [0.5, 0.6) is 0 Å². The van der Waals surface area contributed by atoms with Gasteiger partial charge < -0.3 is 4.74 Å². The fraction of sp³-hybridized carbons (Fsp3) is 0.500. The minimum atomic E-state index is -0.00862. The fourth-order valence-electron chi connectivity index (χ4n) is 4.20. The molecule has 0 saturated carbocycles. The summed E-state index contributed by atoms with van der Waals surface area (Å²) >= 11 is 2.58. The summed E-state index contributed by atoms with van der Waals surface area (Å²) in [6.45, 7) is 9.24. The van der Waals surface area contributed by atoms with Crippen molar-refractivity contribution in [3.63, 3.8) is 0 Å². The molecule has 2 aliphatic carbocycles. The Hall–Kier alpha value is -0.610. The second-order valence-electron chi connectivity index (χ2n) is 7.71. The zero-order chi connectivity index (χ0) is 15.6. The van der Waals surface area contributed by atoms with Crippen molar-refractivity contribution in [3.05, 3.63) is 44.5 Å². The molecule has 0 aromatic heterocycles. The molecular weight excluding hydrogens is 383 g/mol. The molecule has 0 radical (unpaired) electrons. The highest BCUT2D eigenvalue weighted by Gasteiger charge is 2.65. The molecule has 1 nitrogen and oxygen atoms in total. The number of benzene rings is 1. The Morgan fingerprint density at radius 3 is 2.41 bits per heavy atom. The molecule has 0 amide bonds. The Balaban J connectivity index is 1.83. The van der Waals surface area contributed by atoms with Gasteiger partial charge in [-0.1, -0.05) is 52.0 Å². The van der Waals surface area contributed by atoms with E-state index in [4.69, 9.17) is 4.74 Å². The molecule has 1 aromatic rings. The zero-order valence-corrected chi connectivity index (χ0v) is 15.9. The number of halogens is 1. The largest absolute Gasteiger partial charge is 0.355 e. The van der Waals surface area contributed by atoms with Gasteiger partial charge in [-0.2, -0.15) is 0 Å². The molecule has 1 saturated heterocycles. The number of rotatable bonds is 4. The molecule has 1 heterocycles. The van der Waals surface area contributed by atoms with Gasteiger partial charge in [-0.3, -0.25) is 0 Å². The van der Waals surface area contributed by atoms with E-state index < -0.39 is 0 Å². The van der Waals surface area contributed by atoms with E-state index in [2.05, 4.69) is 74.6 Å². The molecule has 1 fully saturated rings. The second-order valence-corrected chi connectivity index (χ2v) is 8.79. The van der Waals surface area contributed by atoms with Crippen LogP contribution in [0.15, 0.2) is 33.4 Å². The Kier molecular flexibility index (Phi) is 3.36. The first-order chi connectivity index (χ1) is 10.5. The Labute approximate surface area is 147 Å². The van der Waals surface area contributed by atoms with Crippen molar-refractivity contribution < 1.29 is 4.74 Å². The molecule has 2 heteroatoms. The van der Waals surface area contributed by atoms with Crippen LogP contribution in [0.3, 0.4) is 0 Å². The topological polar surface area (TPSA) is 12.5 Å². The lowest BCUT2D eigenvalue weighted by Crippen LogP contribution is -2.28. The summed E-state index contributed by atoms with van der Waals surface area (Å²) in [6, 6.07) is 8.85. The van der Waals surface area contributed by atoms with Crippen LogP contribution in [0, 0.1) is 11.8 Å². The van der Waals surface area contributed by atoms with Crippen LogP contribution in [-0.4, -0.2) is 11.7 Å². The average molecular weight is 406 g/mol. The van der Waals surface area contributed by atoms with E-state index in [0.29, 0.717) is 17.9 Å². The number of ether oxygens (including phenoxy) is 1. The molecule has 3 aliphatic rings. The van der Waals surface area contributed by atoms with Gasteiger partial charge in [0.05, 0.1) is 0 Å². The molecule has 2 atom stereocenters. The number of hydrogen-bond acceptors (Lipinski definition) is 1. The van der Waals surface area contributed by atoms with Crippen LogP contribution >= 0.6 is 22.6 Å². The van der Waals surface area contributed by atoms with Crippen LogP contribution in [0.25, 0.3) is 11.1 Å². The van der Waals surface area contributed by atoms with E-state index in [-0.39, 0.29) is 5.60 Å². The van der Waals surface area contributed by atoms with Gasteiger partial charge in [0.2, 0.25) is 0 Å². The van der Waals surface area contributed by atoms with E-state index in [1.165, 1.54) is 25.9 Å². The first-order valence-electron chi connectivity index (χ1n) is 8.37. The quantitative estimate of drug-likeness (QED) is 0.452. The predicted molar refractivity (Wildman–Crippen MR) is 101 cm³/mol. The van der Waals surface area contributed by atoms with Gasteiger partial charge >= 0.3 is 0 Å². The highest BCUT2D eigenvalue weighted by Crippen LogP contribution is 2.66. The molecule has 1 aliphatic heterocycles. The van der Waals surface area contributed by atoms with Crippen molar-refractivity contribution in [2.45, 2.75) is 52.2 Å². The molecule has 0 bridgehead atoms. The highest BCUT2D eigenvalue weighted by molar-refractivity contribution is 14.1. The third-order valence-corrected chi connectivity index (χ3v) is 6.54. The van der Waals surface area contributed by atoms with Crippen LogP contribution in [-0.2, 0) is 4.74 Å². The highest BCUT2D eigenvalue weighted by atomic mass is 127.